The molecule has 6 nitrogen and oxygen atoms in total. The summed E-state index contributed by atoms with van der Waals surface area (Å²) in [5, 5.41) is 24.1. The Bertz CT molecular complexity index is 1420. The normalized spacial score (nSPS) is 32.9. The van der Waals surface area contributed by atoms with Gasteiger partial charge in [-0.1, -0.05) is 18.2 Å². The Morgan fingerprint density at radius 1 is 1.24 bits per heavy atom. The van der Waals surface area contributed by atoms with Crippen molar-refractivity contribution in [3.8, 4) is 11.5 Å². The minimum atomic E-state index is -1.12. The van der Waals surface area contributed by atoms with E-state index in [1.165, 1.54) is 18.9 Å². The minimum absolute atomic E-state index is 0.0743. The topological polar surface area (TPSA) is 91.8 Å². The maximum atomic E-state index is 14.8. The van der Waals surface area contributed by atoms with Crippen molar-refractivity contribution in [2.75, 3.05) is 18.8 Å². The van der Waals surface area contributed by atoms with Gasteiger partial charge in [0.1, 0.15) is 11.3 Å². The molecule has 2 aliphatic heterocycles. The van der Waals surface area contributed by atoms with E-state index in [1.807, 2.05) is 6.07 Å². The van der Waals surface area contributed by atoms with Gasteiger partial charge in [-0.15, -0.1) is 0 Å². The van der Waals surface area contributed by atoms with E-state index in [9.17, 15) is 14.6 Å². The Morgan fingerprint density at radius 2 is 2.09 bits per heavy atom. The van der Waals surface area contributed by atoms with Gasteiger partial charge in [-0.3, -0.25) is 4.90 Å². The third kappa shape index (κ3) is 2.08. The first kappa shape index (κ1) is 19.4. The summed E-state index contributed by atoms with van der Waals surface area (Å²) in [6.45, 7) is 1.85. The van der Waals surface area contributed by atoms with Crippen LogP contribution in [0.2, 0.25) is 0 Å². The lowest BCUT2D eigenvalue weighted by Crippen LogP contribution is -2.74. The van der Waals surface area contributed by atoms with Gasteiger partial charge in [0.25, 0.3) is 0 Å². The first-order chi connectivity index (χ1) is 16.4. The molecule has 0 amide bonds. The van der Waals surface area contributed by atoms with Gasteiger partial charge in [0.2, 0.25) is 0 Å². The largest absolute Gasteiger partial charge is 0.504 e. The Morgan fingerprint density at radius 3 is 2.91 bits per heavy atom. The molecule has 3 aromatic rings. The summed E-state index contributed by atoms with van der Waals surface area (Å²) in [6.07, 6.45) is 3.62. The Kier molecular flexibility index (Phi) is 3.43. The number of nitrogen functional groups attached to an aromatic ring is 1. The maximum Gasteiger partial charge on any atom is 0.166 e. The fourth-order valence-corrected chi connectivity index (χ4v) is 7.66. The first-order valence-electron chi connectivity index (χ1n) is 12.3. The summed E-state index contributed by atoms with van der Waals surface area (Å²) in [5.74, 6) is 0.798. The standard InChI is InChI=1S/C27H26FN3O3/c28-17-3-1-2-15-21(29)16-11-27(33)19-10-14-6-7-18(32)24-20(14)26(27,8-9-31(19)12-13-4-5-13)25(34-24)23(16)30-22(15)17/h1-3,6-7,13,19,25,32-33H,4-5,8-12H2,(H2,29,30)/t19-,25+,26+,27-/m1/s1. The molecule has 1 saturated heterocycles. The minimum Gasteiger partial charge on any atom is -0.504 e. The van der Waals surface area contributed by atoms with E-state index >= 15 is 0 Å². The number of para-hydroxylation sites is 1. The zero-order chi connectivity index (χ0) is 23.0. The number of hydrogen-bond donors (Lipinski definition) is 3. The zero-order valence-electron chi connectivity index (χ0n) is 18.7. The van der Waals surface area contributed by atoms with Crippen molar-refractivity contribution in [3.05, 3.63) is 58.5 Å². The van der Waals surface area contributed by atoms with Gasteiger partial charge in [0, 0.05) is 41.2 Å². The molecule has 5 aliphatic rings. The fraction of sp³-hybridized carbons (Fsp3) is 0.444. The molecule has 1 aromatic heterocycles. The summed E-state index contributed by atoms with van der Waals surface area (Å²) in [4.78, 5) is 7.26. The van der Waals surface area contributed by atoms with Crippen molar-refractivity contribution in [3.63, 3.8) is 0 Å². The number of aromatic nitrogens is 1. The number of aromatic hydroxyl groups is 1. The van der Waals surface area contributed by atoms with Gasteiger partial charge in [-0.2, -0.15) is 0 Å². The van der Waals surface area contributed by atoms with Crippen molar-refractivity contribution in [2.45, 2.75) is 55.3 Å². The molecular weight excluding hydrogens is 433 g/mol. The van der Waals surface area contributed by atoms with Crippen LogP contribution < -0.4 is 10.5 Å². The van der Waals surface area contributed by atoms with Crippen LogP contribution in [0.3, 0.4) is 0 Å². The van der Waals surface area contributed by atoms with Crippen molar-refractivity contribution in [1.29, 1.82) is 0 Å². The van der Waals surface area contributed by atoms with Crippen LogP contribution in [0.4, 0.5) is 10.1 Å². The Hall–Kier alpha value is -2.90. The predicted octanol–water partition coefficient (Wildman–Crippen LogP) is 3.36. The first-order valence-corrected chi connectivity index (χ1v) is 12.3. The van der Waals surface area contributed by atoms with Crippen LogP contribution in [-0.4, -0.2) is 44.8 Å². The van der Waals surface area contributed by atoms with Crippen LogP contribution in [0, 0.1) is 11.7 Å². The number of benzene rings is 2. The van der Waals surface area contributed by atoms with Gasteiger partial charge in [0.05, 0.1) is 16.7 Å². The number of ether oxygens (including phenoxy) is 1. The molecule has 3 aliphatic carbocycles. The van der Waals surface area contributed by atoms with E-state index in [4.69, 9.17) is 15.5 Å². The smallest absolute Gasteiger partial charge is 0.166 e. The summed E-state index contributed by atoms with van der Waals surface area (Å²) in [6, 6.07) is 8.40. The number of fused-ring (bicyclic) bond motifs is 3. The number of nitrogens with two attached hydrogens (primary N) is 1. The number of likely N-dealkylation sites (tertiary alicyclic amines) is 1. The number of aliphatic hydroxyl groups is 1. The molecule has 2 bridgehead atoms. The highest BCUT2D eigenvalue weighted by Gasteiger charge is 2.73. The number of halogens is 1. The molecular formula is C27H26FN3O3. The van der Waals surface area contributed by atoms with E-state index in [-0.39, 0.29) is 17.3 Å². The van der Waals surface area contributed by atoms with Crippen molar-refractivity contribution in [2.24, 2.45) is 5.92 Å². The molecule has 2 aromatic carbocycles. The number of pyridine rings is 1. The number of rotatable bonds is 2. The van der Waals surface area contributed by atoms with Gasteiger partial charge >= 0.3 is 0 Å². The molecule has 7 heteroatoms. The maximum absolute atomic E-state index is 14.8. The van der Waals surface area contributed by atoms with Gasteiger partial charge < -0.3 is 20.7 Å². The average Bonchev–Trinajstić information content (AvgIpc) is 3.55. The lowest BCUT2D eigenvalue weighted by atomic mass is 9.48. The quantitative estimate of drug-likeness (QED) is 0.544. The molecule has 0 radical (unpaired) electrons. The molecule has 1 spiro atoms. The van der Waals surface area contributed by atoms with Crippen molar-refractivity contribution in [1.82, 2.24) is 9.88 Å². The molecule has 174 valence electrons. The third-order valence-electron chi connectivity index (χ3n) is 9.35. The highest BCUT2D eigenvalue weighted by atomic mass is 19.1. The molecule has 8 rings (SSSR count). The number of hydrogen-bond acceptors (Lipinski definition) is 6. The number of nitrogens with zero attached hydrogens (tertiary/aromatic N) is 2. The third-order valence-corrected chi connectivity index (χ3v) is 9.35. The second-order valence-corrected chi connectivity index (χ2v) is 11.0. The summed E-state index contributed by atoms with van der Waals surface area (Å²) in [5.41, 5.74) is 8.85. The van der Waals surface area contributed by atoms with E-state index < -0.39 is 22.9 Å². The molecule has 34 heavy (non-hydrogen) atoms. The van der Waals surface area contributed by atoms with Crippen LogP contribution in [0.5, 0.6) is 11.5 Å². The Balaban J connectivity index is 1.43. The number of phenols is 1. The van der Waals surface area contributed by atoms with Crippen molar-refractivity contribution < 1.29 is 19.3 Å². The number of phenolic OH excluding ortho intramolecular Hbond substituents is 1. The lowest BCUT2D eigenvalue weighted by Gasteiger charge is -2.63. The van der Waals surface area contributed by atoms with Gasteiger partial charge in [-0.25, -0.2) is 9.37 Å². The summed E-state index contributed by atoms with van der Waals surface area (Å²) >= 11 is 0. The molecule has 4 atom stereocenters. The second kappa shape index (κ2) is 6.01. The summed E-state index contributed by atoms with van der Waals surface area (Å²) < 4.78 is 21.3. The molecule has 1 saturated carbocycles. The second-order valence-electron chi connectivity index (χ2n) is 11.0. The monoisotopic (exact) mass is 459 g/mol. The molecule has 4 N–H and O–H groups in total. The van der Waals surface area contributed by atoms with E-state index in [2.05, 4.69) is 4.90 Å². The van der Waals surface area contributed by atoms with Crippen LogP contribution in [0.1, 0.15) is 47.8 Å². The van der Waals surface area contributed by atoms with Gasteiger partial charge in [0.15, 0.2) is 17.6 Å². The van der Waals surface area contributed by atoms with E-state index in [0.717, 1.165) is 29.8 Å². The van der Waals surface area contributed by atoms with Crippen LogP contribution in [0.15, 0.2) is 30.3 Å². The van der Waals surface area contributed by atoms with E-state index in [1.54, 1.807) is 18.2 Å². The lowest BCUT2D eigenvalue weighted by molar-refractivity contribution is -0.173. The number of anilines is 1. The molecule has 3 heterocycles. The van der Waals surface area contributed by atoms with Crippen molar-refractivity contribution >= 4 is 16.6 Å². The highest BCUT2D eigenvalue weighted by molar-refractivity contribution is 5.93. The van der Waals surface area contributed by atoms with Crippen LogP contribution >= 0.6 is 0 Å². The van der Waals surface area contributed by atoms with Gasteiger partial charge in [-0.05, 0) is 55.8 Å². The molecule has 0 unspecified atom stereocenters. The Labute approximate surface area is 196 Å². The fourth-order valence-electron chi connectivity index (χ4n) is 7.66. The molecule has 2 fully saturated rings. The SMILES string of the molecule is Nc1c2c(nc3c(F)cccc13)[C@@H]1Oc3c(O)ccc4c3[C@@]13CCN(CC1CC1)[C@H](C4)[C@]3(O)C2. The average molecular weight is 460 g/mol. The number of piperidine rings is 1. The zero-order valence-corrected chi connectivity index (χ0v) is 18.7. The van der Waals surface area contributed by atoms with Crippen LogP contribution in [0.25, 0.3) is 10.9 Å². The highest BCUT2D eigenvalue weighted by Crippen LogP contribution is 2.69. The predicted molar refractivity (Wildman–Crippen MR) is 124 cm³/mol. The van der Waals surface area contributed by atoms with Crippen LogP contribution in [-0.2, 0) is 18.3 Å². The summed E-state index contributed by atoms with van der Waals surface area (Å²) in [7, 11) is 0. The van der Waals surface area contributed by atoms with E-state index in [0.29, 0.717) is 47.7 Å².